The lowest BCUT2D eigenvalue weighted by Crippen LogP contribution is -2.49. The summed E-state index contributed by atoms with van der Waals surface area (Å²) in [6.45, 7) is 4.17. The van der Waals surface area contributed by atoms with Crippen molar-refractivity contribution in [2.24, 2.45) is 0 Å². The van der Waals surface area contributed by atoms with Gasteiger partial charge in [0.15, 0.2) is 11.6 Å². The summed E-state index contributed by atoms with van der Waals surface area (Å²) in [5.41, 5.74) is 1.17. The van der Waals surface area contributed by atoms with Crippen molar-refractivity contribution in [3.63, 3.8) is 0 Å². The molecule has 0 spiro atoms. The molecule has 0 radical (unpaired) electrons. The largest absolute Gasteiger partial charge is 0.461 e. The maximum Gasteiger partial charge on any atom is 0.258 e. The number of amides is 1. The number of furan rings is 1. The Morgan fingerprint density at radius 2 is 1.97 bits per heavy atom. The van der Waals surface area contributed by atoms with Crippen LogP contribution < -0.4 is 4.90 Å². The molecule has 7 nitrogen and oxygen atoms in total. The van der Waals surface area contributed by atoms with E-state index in [0.29, 0.717) is 69.9 Å². The second-order valence-electron chi connectivity index (χ2n) is 6.73. The van der Waals surface area contributed by atoms with Crippen LogP contribution >= 0.6 is 35.0 Å². The lowest BCUT2D eigenvalue weighted by atomic mass is 10.2. The first-order valence-corrected chi connectivity index (χ1v) is 11.3. The second kappa shape index (κ2) is 8.83. The Bertz CT molecular complexity index is 1070. The number of hydrogen-bond donors (Lipinski definition) is 0. The third-order valence-corrected chi connectivity index (χ3v) is 6.03. The summed E-state index contributed by atoms with van der Waals surface area (Å²) in [6, 6.07) is 5.26. The number of thioether (sulfide) groups is 1. The molecule has 1 aliphatic rings. The molecule has 0 bridgehead atoms. The quantitative estimate of drug-likeness (QED) is 0.418. The highest BCUT2D eigenvalue weighted by atomic mass is 35.5. The molecule has 4 rings (SSSR count). The van der Waals surface area contributed by atoms with Gasteiger partial charge in [-0.15, -0.1) is 11.8 Å². The first-order valence-electron chi connectivity index (χ1n) is 9.29. The van der Waals surface area contributed by atoms with Crippen LogP contribution in [0.1, 0.15) is 16.1 Å². The van der Waals surface area contributed by atoms with Gasteiger partial charge in [0.2, 0.25) is 0 Å². The third kappa shape index (κ3) is 4.12. The number of carbonyl (C=O) groups excluding carboxylic acids is 1. The fraction of sp³-hybridized carbons (Fsp3) is 0.300. The second-order valence-corrected chi connectivity index (χ2v) is 8.37. The molecule has 0 aliphatic carbocycles. The van der Waals surface area contributed by atoms with Gasteiger partial charge in [0.25, 0.3) is 5.91 Å². The SMILES string of the molecule is CSc1nc(-c2ccco2)nc(C)c1C(=O)N1CCN(c2ncc(Cl)cc2Cl)CC1. The zero-order chi connectivity index (χ0) is 21.3. The molecule has 1 aliphatic heterocycles. The standard InChI is InChI=1S/C20H19Cl2N5O2S/c1-12-16(19(30-2)25-17(24-12)15-4-3-9-29-15)20(28)27-7-5-26(6-8-27)18-14(22)10-13(21)11-23-18/h3-4,9-11H,5-8H2,1-2H3. The highest BCUT2D eigenvalue weighted by molar-refractivity contribution is 7.98. The predicted molar refractivity (Wildman–Crippen MR) is 119 cm³/mol. The summed E-state index contributed by atoms with van der Waals surface area (Å²) < 4.78 is 5.40. The Kier molecular flexibility index (Phi) is 6.17. The summed E-state index contributed by atoms with van der Waals surface area (Å²) >= 11 is 13.6. The Morgan fingerprint density at radius 3 is 2.60 bits per heavy atom. The number of carbonyl (C=O) groups is 1. The van der Waals surface area contributed by atoms with Crippen molar-refractivity contribution in [1.29, 1.82) is 0 Å². The van der Waals surface area contributed by atoms with E-state index < -0.39 is 0 Å². The van der Waals surface area contributed by atoms with Crippen molar-refractivity contribution in [2.45, 2.75) is 11.9 Å². The topological polar surface area (TPSA) is 75.4 Å². The van der Waals surface area contributed by atoms with Gasteiger partial charge in [0.1, 0.15) is 10.8 Å². The molecule has 3 aromatic rings. The van der Waals surface area contributed by atoms with Crippen molar-refractivity contribution in [3.8, 4) is 11.6 Å². The maximum absolute atomic E-state index is 13.3. The predicted octanol–water partition coefficient (Wildman–Crippen LogP) is 4.43. The molecule has 30 heavy (non-hydrogen) atoms. The number of halogens is 2. The average molecular weight is 464 g/mol. The molecular weight excluding hydrogens is 445 g/mol. The number of piperazine rings is 1. The van der Waals surface area contributed by atoms with Gasteiger partial charge < -0.3 is 14.2 Å². The van der Waals surface area contributed by atoms with Gasteiger partial charge in [0.05, 0.1) is 27.6 Å². The van der Waals surface area contributed by atoms with Gasteiger partial charge >= 0.3 is 0 Å². The number of nitrogens with zero attached hydrogens (tertiary/aromatic N) is 5. The minimum absolute atomic E-state index is 0.0716. The van der Waals surface area contributed by atoms with E-state index in [0.717, 1.165) is 0 Å². The first-order chi connectivity index (χ1) is 14.5. The highest BCUT2D eigenvalue weighted by Gasteiger charge is 2.28. The van der Waals surface area contributed by atoms with E-state index in [9.17, 15) is 4.79 Å². The Hall–Kier alpha value is -2.29. The number of pyridine rings is 1. The zero-order valence-corrected chi connectivity index (χ0v) is 18.8. The van der Waals surface area contributed by atoms with E-state index in [1.165, 1.54) is 11.8 Å². The molecule has 156 valence electrons. The molecule has 0 aromatic carbocycles. The number of hydrogen-bond acceptors (Lipinski definition) is 7. The van der Waals surface area contributed by atoms with Gasteiger partial charge in [-0.2, -0.15) is 0 Å². The van der Waals surface area contributed by atoms with Crippen LogP contribution in [0, 0.1) is 6.92 Å². The summed E-state index contributed by atoms with van der Waals surface area (Å²) in [5.74, 6) is 1.66. The Balaban J connectivity index is 1.53. The van der Waals surface area contributed by atoms with Crippen LogP contribution in [-0.4, -0.2) is 58.2 Å². The van der Waals surface area contributed by atoms with E-state index in [4.69, 9.17) is 27.6 Å². The molecule has 0 N–H and O–H groups in total. The maximum atomic E-state index is 13.3. The molecule has 0 unspecified atom stereocenters. The molecule has 3 aromatic heterocycles. The van der Waals surface area contributed by atoms with Crippen LogP contribution in [0.25, 0.3) is 11.6 Å². The zero-order valence-electron chi connectivity index (χ0n) is 16.4. The molecular formula is C20H19Cl2N5O2S. The van der Waals surface area contributed by atoms with Crippen molar-refractivity contribution in [3.05, 3.63) is 52.0 Å². The summed E-state index contributed by atoms with van der Waals surface area (Å²) in [6.07, 6.45) is 5.05. The first kappa shape index (κ1) is 21.0. The van der Waals surface area contributed by atoms with Crippen LogP contribution in [0.5, 0.6) is 0 Å². The lowest BCUT2D eigenvalue weighted by molar-refractivity contribution is 0.0741. The fourth-order valence-corrected chi connectivity index (χ4v) is 4.49. The Labute approximate surface area is 188 Å². The minimum atomic E-state index is -0.0716. The number of aromatic nitrogens is 3. The fourth-order valence-electron chi connectivity index (χ4n) is 3.38. The molecule has 1 fully saturated rings. The van der Waals surface area contributed by atoms with Crippen LogP contribution in [0.4, 0.5) is 5.82 Å². The molecule has 10 heteroatoms. The number of anilines is 1. The molecule has 0 atom stereocenters. The monoisotopic (exact) mass is 463 g/mol. The van der Waals surface area contributed by atoms with Crippen LogP contribution in [0.15, 0.2) is 40.1 Å². The summed E-state index contributed by atoms with van der Waals surface area (Å²) in [4.78, 5) is 30.5. The van der Waals surface area contributed by atoms with Crippen LogP contribution in [-0.2, 0) is 0 Å². The van der Waals surface area contributed by atoms with Crippen molar-refractivity contribution < 1.29 is 9.21 Å². The number of aryl methyl sites for hydroxylation is 1. The van der Waals surface area contributed by atoms with Crippen LogP contribution in [0.2, 0.25) is 10.0 Å². The van der Waals surface area contributed by atoms with Crippen molar-refractivity contribution in [1.82, 2.24) is 19.9 Å². The molecule has 4 heterocycles. The smallest absolute Gasteiger partial charge is 0.258 e. The van der Waals surface area contributed by atoms with E-state index in [1.54, 1.807) is 30.7 Å². The van der Waals surface area contributed by atoms with Crippen molar-refractivity contribution >= 4 is 46.7 Å². The molecule has 1 saturated heterocycles. The van der Waals surface area contributed by atoms with E-state index >= 15 is 0 Å². The van der Waals surface area contributed by atoms with E-state index in [1.807, 2.05) is 18.1 Å². The molecule has 0 saturated carbocycles. The van der Waals surface area contributed by atoms with Gasteiger partial charge in [-0.05, 0) is 31.4 Å². The van der Waals surface area contributed by atoms with E-state index in [-0.39, 0.29) is 5.91 Å². The van der Waals surface area contributed by atoms with E-state index in [2.05, 4.69) is 19.9 Å². The summed E-state index contributed by atoms with van der Waals surface area (Å²) in [7, 11) is 0. The average Bonchev–Trinajstić information content (AvgIpc) is 3.28. The highest BCUT2D eigenvalue weighted by Crippen LogP contribution is 2.29. The van der Waals surface area contributed by atoms with Gasteiger partial charge in [-0.1, -0.05) is 23.2 Å². The van der Waals surface area contributed by atoms with Gasteiger partial charge in [-0.3, -0.25) is 4.79 Å². The van der Waals surface area contributed by atoms with Crippen molar-refractivity contribution in [2.75, 3.05) is 37.3 Å². The van der Waals surface area contributed by atoms with Crippen LogP contribution in [0.3, 0.4) is 0 Å². The summed E-state index contributed by atoms with van der Waals surface area (Å²) in [5, 5.41) is 1.64. The third-order valence-electron chi connectivity index (χ3n) is 4.86. The van der Waals surface area contributed by atoms with Gasteiger partial charge in [-0.25, -0.2) is 15.0 Å². The lowest BCUT2D eigenvalue weighted by Gasteiger charge is -2.36. The minimum Gasteiger partial charge on any atom is -0.461 e. The normalized spacial score (nSPS) is 14.3. The number of rotatable bonds is 4. The van der Waals surface area contributed by atoms with Gasteiger partial charge in [0, 0.05) is 32.4 Å². The molecule has 1 amide bonds. The Morgan fingerprint density at radius 1 is 1.20 bits per heavy atom.